The SMILES string of the molecule is CN(C)c1nc(-c2cncc(N)c2)nn1Cc1ccccc1. The maximum Gasteiger partial charge on any atom is 0.224 e. The van der Waals surface area contributed by atoms with Crippen molar-refractivity contribution in [3.63, 3.8) is 0 Å². The van der Waals surface area contributed by atoms with E-state index < -0.39 is 0 Å². The Morgan fingerprint density at radius 3 is 2.59 bits per heavy atom. The van der Waals surface area contributed by atoms with Crippen molar-refractivity contribution >= 4 is 11.6 Å². The van der Waals surface area contributed by atoms with Gasteiger partial charge in [0.2, 0.25) is 5.95 Å². The largest absolute Gasteiger partial charge is 0.397 e. The molecule has 6 heteroatoms. The Balaban J connectivity index is 1.99. The zero-order valence-electron chi connectivity index (χ0n) is 12.6. The number of benzene rings is 1. The first-order valence-corrected chi connectivity index (χ1v) is 7.00. The number of anilines is 2. The second-order valence-electron chi connectivity index (χ2n) is 5.28. The summed E-state index contributed by atoms with van der Waals surface area (Å²) in [4.78, 5) is 10.6. The molecule has 22 heavy (non-hydrogen) atoms. The fourth-order valence-electron chi connectivity index (χ4n) is 2.23. The van der Waals surface area contributed by atoms with E-state index in [0.29, 0.717) is 18.1 Å². The smallest absolute Gasteiger partial charge is 0.224 e. The number of hydrogen-bond donors (Lipinski definition) is 1. The second kappa shape index (κ2) is 5.85. The Morgan fingerprint density at radius 2 is 1.91 bits per heavy atom. The van der Waals surface area contributed by atoms with Crippen LogP contribution in [-0.4, -0.2) is 33.8 Å². The minimum Gasteiger partial charge on any atom is -0.397 e. The van der Waals surface area contributed by atoms with Gasteiger partial charge in [-0.25, -0.2) is 4.68 Å². The van der Waals surface area contributed by atoms with E-state index in [4.69, 9.17) is 5.73 Å². The normalized spacial score (nSPS) is 10.6. The third-order valence-electron chi connectivity index (χ3n) is 3.24. The highest BCUT2D eigenvalue weighted by Crippen LogP contribution is 2.20. The fraction of sp³-hybridized carbons (Fsp3) is 0.188. The lowest BCUT2D eigenvalue weighted by Crippen LogP contribution is -2.16. The first kappa shape index (κ1) is 14.1. The molecule has 3 aromatic rings. The van der Waals surface area contributed by atoms with Crippen LogP contribution in [0, 0.1) is 0 Å². The lowest BCUT2D eigenvalue weighted by molar-refractivity contribution is 0.679. The summed E-state index contributed by atoms with van der Waals surface area (Å²) in [7, 11) is 3.90. The van der Waals surface area contributed by atoms with Crippen molar-refractivity contribution in [3.05, 3.63) is 54.4 Å². The van der Waals surface area contributed by atoms with Gasteiger partial charge in [0.05, 0.1) is 12.2 Å². The van der Waals surface area contributed by atoms with E-state index in [-0.39, 0.29) is 0 Å². The number of aromatic nitrogens is 4. The number of nitrogens with two attached hydrogens (primary N) is 1. The van der Waals surface area contributed by atoms with Crippen LogP contribution >= 0.6 is 0 Å². The van der Waals surface area contributed by atoms with Crippen LogP contribution in [-0.2, 0) is 6.54 Å². The van der Waals surface area contributed by atoms with Crippen molar-refractivity contribution in [1.29, 1.82) is 0 Å². The average Bonchev–Trinajstić information content (AvgIpc) is 2.92. The standard InChI is InChI=1S/C16H18N6/c1-21(2)16-19-15(13-8-14(17)10-18-9-13)20-22(16)11-12-6-4-3-5-7-12/h3-10H,11,17H2,1-2H3. The van der Waals surface area contributed by atoms with Gasteiger partial charge in [0.25, 0.3) is 0 Å². The maximum absolute atomic E-state index is 5.79. The summed E-state index contributed by atoms with van der Waals surface area (Å²) in [6.07, 6.45) is 3.33. The Morgan fingerprint density at radius 1 is 1.14 bits per heavy atom. The molecule has 0 bridgehead atoms. The van der Waals surface area contributed by atoms with Gasteiger partial charge >= 0.3 is 0 Å². The van der Waals surface area contributed by atoms with Crippen LogP contribution in [0.1, 0.15) is 5.56 Å². The molecule has 0 saturated heterocycles. The van der Waals surface area contributed by atoms with Gasteiger partial charge in [-0.1, -0.05) is 30.3 Å². The molecule has 6 nitrogen and oxygen atoms in total. The molecule has 0 aliphatic heterocycles. The summed E-state index contributed by atoms with van der Waals surface area (Å²) in [6, 6.07) is 12.0. The van der Waals surface area contributed by atoms with Crippen LogP contribution < -0.4 is 10.6 Å². The second-order valence-corrected chi connectivity index (χ2v) is 5.28. The van der Waals surface area contributed by atoms with Gasteiger partial charge in [-0.3, -0.25) is 4.98 Å². The summed E-state index contributed by atoms with van der Waals surface area (Å²) in [5, 5.41) is 4.61. The van der Waals surface area contributed by atoms with Gasteiger partial charge in [0, 0.05) is 32.1 Å². The number of hydrogen-bond acceptors (Lipinski definition) is 5. The molecule has 0 amide bonds. The van der Waals surface area contributed by atoms with Crippen LogP contribution in [0.25, 0.3) is 11.4 Å². The topological polar surface area (TPSA) is 72.9 Å². The van der Waals surface area contributed by atoms with Gasteiger partial charge in [-0.2, -0.15) is 4.98 Å². The van der Waals surface area contributed by atoms with Gasteiger partial charge in [0.1, 0.15) is 0 Å². The Kier molecular flexibility index (Phi) is 3.74. The number of nitrogens with zero attached hydrogens (tertiary/aromatic N) is 5. The third-order valence-corrected chi connectivity index (χ3v) is 3.24. The van der Waals surface area contributed by atoms with E-state index in [1.54, 1.807) is 12.4 Å². The third kappa shape index (κ3) is 2.90. The van der Waals surface area contributed by atoms with Crippen LogP contribution in [0.3, 0.4) is 0 Å². The van der Waals surface area contributed by atoms with E-state index >= 15 is 0 Å². The summed E-state index contributed by atoms with van der Waals surface area (Å²) in [5.41, 5.74) is 8.38. The predicted molar refractivity (Wildman–Crippen MR) is 87.5 cm³/mol. The lowest BCUT2D eigenvalue weighted by atomic mass is 10.2. The van der Waals surface area contributed by atoms with Gasteiger partial charge < -0.3 is 10.6 Å². The molecule has 112 valence electrons. The zero-order valence-corrected chi connectivity index (χ0v) is 12.6. The van der Waals surface area contributed by atoms with E-state index in [9.17, 15) is 0 Å². The van der Waals surface area contributed by atoms with E-state index in [2.05, 4.69) is 27.2 Å². The van der Waals surface area contributed by atoms with E-state index in [0.717, 1.165) is 11.5 Å². The van der Waals surface area contributed by atoms with Gasteiger partial charge in [-0.15, -0.1) is 5.10 Å². The maximum atomic E-state index is 5.79. The molecule has 3 rings (SSSR count). The first-order valence-electron chi connectivity index (χ1n) is 7.00. The highest BCUT2D eigenvalue weighted by Gasteiger charge is 2.14. The summed E-state index contributed by atoms with van der Waals surface area (Å²) < 4.78 is 1.88. The molecule has 0 aliphatic rings. The lowest BCUT2D eigenvalue weighted by Gasteiger charge is -2.12. The van der Waals surface area contributed by atoms with Crippen LogP contribution in [0.15, 0.2) is 48.8 Å². The van der Waals surface area contributed by atoms with Crippen LogP contribution in [0.4, 0.5) is 11.6 Å². The highest BCUT2D eigenvalue weighted by molar-refractivity contribution is 5.60. The Hall–Kier alpha value is -2.89. The number of nitrogen functional groups attached to an aromatic ring is 1. The van der Waals surface area contributed by atoms with Gasteiger partial charge in [-0.05, 0) is 11.6 Å². The Labute approximate surface area is 129 Å². The number of rotatable bonds is 4. The van der Waals surface area contributed by atoms with Crippen LogP contribution in [0.5, 0.6) is 0 Å². The summed E-state index contributed by atoms with van der Waals surface area (Å²) in [5.74, 6) is 1.42. The van der Waals surface area contributed by atoms with Crippen molar-refractivity contribution in [3.8, 4) is 11.4 Å². The molecule has 0 fully saturated rings. The molecule has 2 heterocycles. The molecule has 0 unspecified atom stereocenters. The average molecular weight is 294 g/mol. The van der Waals surface area contributed by atoms with E-state index in [1.807, 2.05) is 47.9 Å². The molecule has 0 radical (unpaired) electrons. The van der Waals surface area contributed by atoms with Crippen molar-refractivity contribution in [2.75, 3.05) is 24.7 Å². The van der Waals surface area contributed by atoms with Gasteiger partial charge in [0.15, 0.2) is 5.82 Å². The minimum absolute atomic E-state index is 0.600. The molecule has 2 N–H and O–H groups in total. The first-order chi connectivity index (χ1) is 10.6. The van der Waals surface area contributed by atoms with Crippen molar-refractivity contribution in [1.82, 2.24) is 19.7 Å². The molecular formula is C16H18N6. The quantitative estimate of drug-likeness (QED) is 0.797. The molecule has 2 aromatic heterocycles. The molecular weight excluding hydrogens is 276 g/mol. The van der Waals surface area contributed by atoms with Crippen molar-refractivity contribution in [2.24, 2.45) is 0 Å². The number of pyridine rings is 1. The summed E-state index contributed by atoms with van der Waals surface area (Å²) in [6.45, 7) is 0.664. The summed E-state index contributed by atoms with van der Waals surface area (Å²) >= 11 is 0. The molecule has 0 spiro atoms. The molecule has 1 aromatic carbocycles. The molecule has 0 saturated carbocycles. The predicted octanol–water partition coefficient (Wildman–Crippen LogP) is 2.04. The van der Waals surface area contributed by atoms with Crippen LogP contribution in [0.2, 0.25) is 0 Å². The van der Waals surface area contributed by atoms with Crippen molar-refractivity contribution in [2.45, 2.75) is 6.54 Å². The Bertz CT molecular complexity index is 763. The highest BCUT2D eigenvalue weighted by atomic mass is 15.4. The minimum atomic E-state index is 0.600. The molecule has 0 atom stereocenters. The zero-order chi connectivity index (χ0) is 15.5. The van der Waals surface area contributed by atoms with Crippen molar-refractivity contribution < 1.29 is 0 Å². The molecule has 0 aliphatic carbocycles. The van der Waals surface area contributed by atoms with E-state index in [1.165, 1.54) is 5.56 Å². The monoisotopic (exact) mass is 294 g/mol. The fourth-order valence-corrected chi connectivity index (χ4v) is 2.23.